The molecule has 0 aromatic heterocycles. The van der Waals surface area contributed by atoms with Crippen molar-refractivity contribution >= 4 is 11.9 Å². The summed E-state index contributed by atoms with van der Waals surface area (Å²) >= 11 is 0. The quantitative estimate of drug-likeness (QED) is 0.453. The highest BCUT2D eigenvalue weighted by Crippen LogP contribution is 2.01. The van der Waals surface area contributed by atoms with E-state index in [1.165, 1.54) is 0 Å². The third-order valence-electron chi connectivity index (χ3n) is 2.06. The number of rotatable bonds is 6. The Morgan fingerprint density at radius 1 is 1.40 bits per heavy atom. The van der Waals surface area contributed by atoms with Gasteiger partial charge in [-0.05, 0) is 5.92 Å². The maximum Gasteiger partial charge on any atom is 0.305 e. The predicted molar refractivity (Wildman–Crippen MR) is 54.1 cm³/mol. The molecule has 88 valence electrons. The first kappa shape index (κ1) is 13.9. The van der Waals surface area contributed by atoms with E-state index < -0.39 is 30.4 Å². The average molecular weight is 218 g/mol. The minimum Gasteiger partial charge on any atom is -0.481 e. The minimum atomic E-state index is -1.12. The number of carboxylic acids is 1. The molecule has 0 spiro atoms. The number of carboxylic acid groups (broad SMARTS) is 1. The van der Waals surface area contributed by atoms with E-state index in [2.05, 4.69) is 5.32 Å². The van der Waals surface area contributed by atoms with Gasteiger partial charge in [-0.15, -0.1) is 0 Å². The molecule has 0 aromatic carbocycles. The molecule has 2 atom stereocenters. The molecule has 6 nitrogen and oxygen atoms in total. The monoisotopic (exact) mass is 218 g/mol. The number of carbonyl (C=O) groups excluding carboxylic acids is 1. The van der Waals surface area contributed by atoms with Gasteiger partial charge in [-0.1, -0.05) is 13.8 Å². The second-order valence-corrected chi connectivity index (χ2v) is 3.75. The molecule has 2 unspecified atom stereocenters. The summed E-state index contributed by atoms with van der Waals surface area (Å²) in [5.74, 6) is -1.61. The number of nitrogens with one attached hydrogen (secondary N) is 1. The smallest absolute Gasteiger partial charge is 0.305 e. The van der Waals surface area contributed by atoms with Crippen LogP contribution in [0.15, 0.2) is 0 Å². The first-order valence-corrected chi connectivity index (χ1v) is 4.77. The maximum absolute atomic E-state index is 11.3. The van der Waals surface area contributed by atoms with Crippen molar-refractivity contribution < 1.29 is 19.8 Å². The molecule has 0 aliphatic rings. The molecule has 0 radical (unpaired) electrons. The lowest BCUT2D eigenvalue weighted by molar-refractivity contribution is -0.139. The molecule has 5 N–H and O–H groups in total. The highest BCUT2D eigenvalue weighted by atomic mass is 16.4. The van der Waals surface area contributed by atoms with Gasteiger partial charge in [0.25, 0.3) is 0 Å². The van der Waals surface area contributed by atoms with E-state index in [0.717, 1.165) is 0 Å². The lowest BCUT2D eigenvalue weighted by Crippen LogP contribution is -2.49. The zero-order valence-corrected chi connectivity index (χ0v) is 8.93. The van der Waals surface area contributed by atoms with Gasteiger partial charge >= 0.3 is 5.97 Å². The number of aliphatic hydroxyl groups is 1. The second kappa shape index (κ2) is 6.36. The zero-order chi connectivity index (χ0) is 12.0. The number of aliphatic carboxylic acids is 1. The van der Waals surface area contributed by atoms with Crippen LogP contribution < -0.4 is 11.1 Å². The molecule has 0 aromatic rings. The van der Waals surface area contributed by atoms with Crippen LogP contribution in [0.5, 0.6) is 0 Å². The van der Waals surface area contributed by atoms with Crippen LogP contribution >= 0.6 is 0 Å². The Balaban J connectivity index is 4.15. The van der Waals surface area contributed by atoms with Crippen LogP contribution in [0.4, 0.5) is 0 Å². The minimum absolute atomic E-state index is 0.0657. The Morgan fingerprint density at radius 3 is 2.27 bits per heavy atom. The molecular weight excluding hydrogens is 200 g/mol. The van der Waals surface area contributed by atoms with E-state index in [-0.39, 0.29) is 12.5 Å². The third-order valence-corrected chi connectivity index (χ3v) is 2.06. The van der Waals surface area contributed by atoms with Crippen LogP contribution in [-0.2, 0) is 9.59 Å². The lowest BCUT2D eigenvalue weighted by Gasteiger charge is -2.21. The summed E-state index contributed by atoms with van der Waals surface area (Å²) in [6.45, 7) is 3.48. The van der Waals surface area contributed by atoms with Crippen molar-refractivity contribution in [3.05, 3.63) is 0 Å². The molecule has 0 bridgehead atoms. The highest BCUT2D eigenvalue weighted by molar-refractivity contribution is 5.86. The van der Waals surface area contributed by atoms with Crippen molar-refractivity contribution in [1.82, 2.24) is 5.32 Å². The summed E-state index contributed by atoms with van der Waals surface area (Å²) in [5.41, 5.74) is 5.35. The molecule has 1 amide bonds. The van der Waals surface area contributed by atoms with Crippen molar-refractivity contribution in [2.45, 2.75) is 32.4 Å². The van der Waals surface area contributed by atoms with Gasteiger partial charge in [0.15, 0.2) is 0 Å². The van der Waals surface area contributed by atoms with Gasteiger partial charge in [-0.25, -0.2) is 0 Å². The van der Waals surface area contributed by atoms with Crippen molar-refractivity contribution in [3.63, 3.8) is 0 Å². The molecule has 0 rings (SSSR count). The highest BCUT2D eigenvalue weighted by Gasteiger charge is 2.21. The van der Waals surface area contributed by atoms with Crippen molar-refractivity contribution in [1.29, 1.82) is 0 Å². The van der Waals surface area contributed by atoms with E-state index in [1.807, 2.05) is 13.8 Å². The first-order valence-electron chi connectivity index (χ1n) is 4.77. The number of hydrogen-bond acceptors (Lipinski definition) is 4. The standard InChI is InChI=1S/C9H18N2O4/c1-5(2)7(4-12)11-9(15)6(10)3-8(13)14/h5-7,12H,3-4,10H2,1-2H3,(H,11,15)(H,13,14). The fraction of sp³-hybridized carbons (Fsp3) is 0.778. The molecule has 0 aliphatic heterocycles. The fourth-order valence-corrected chi connectivity index (χ4v) is 0.994. The molecule has 0 saturated carbocycles. The summed E-state index contributed by atoms with van der Waals surface area (Å²) in [6, 6.07) is -1.47. The topological polar surface area (TPSA) is 113 Å². The predicted octanol–water partition coefficient (Wildman–Crippen LogP) is -1.08. The van der Waals surface area contributed by atoms with E-state index in [0.29, 0.717) is 0 Å². The Morgan fingerprint density at radius 2 is 1.93 bits per heavy atom. The second-order valence-electron chi connectivity index (χ2n) is 3.75. The summed E-state index contributed by atoms with van der Waals surface area (Å²) in [4.78, 5) is 21.6. The number of carbonyl (C=O) groups is 2. The maximum atomic E-state index is 11.3. The molecule has 0 heterocycles. The Bertz CT molecular complexity index is 230. The van der Waals surface area contributed by atoms with E-state index in [9.17, 15) is 9.59 Å². The van der Waals surface area contributed by atoms with Crippen LogP contribution in [0.2, 0.25) is 0 Å². The van der Waals surface area contributed by atoms with Crippen LogP contribution in [0.1, 0.15) is 20.3 Å². The van der Waals surface area contributed by atoms with Crippen LogP contribution in [0, 0.1) is 5.92 Å². The fourth-order valence-electron chi connectivity index (χ4n) is 0.994. The Hall–Kier alpha value is -1.14. The first-order chi connectivity index (χ1) is 6.88. The normalized spacial score (nSPS) is 14.7. The van der Waals surface area contributed by atoms with Crippen LogP contribution in [-0.4, -0.2) is 40.8 Å². The van der Waals surface area contributed by atoms with Crippen molar-refractivity contribution in [2.24, 2.45) is 11.7 Å². The zero-order valence-electron chi connectivity index (χ0n) is 8.93. The summed E-state index contributed by atoms with van der Waals surface area (Å²) in [6.07, 6.45) is -0.415. The largest absolute Gasteiger partial charge is 0.481 e. The summed E-state index contributed by atoms with van der Waals surface area (Å²) < 4.78 is 0. The lowest BCUT2D eigenvalue weighted by atomic mass is 10.0. The van der Waals surface area contributed by atoms with E-state index >= 15 is 0 Å². The van der Waals surface area contributed by atoms with Gasteiger partial charge in [0.2, 0.25) is 5.91 Å². The average Bonchev–Trinajstić information content (AvgIpc) is 2.11. The van der Waals surface area contributed by atoms with Gasteiger partial charge in [-0.3, -0.25) is 9.59 Å². The number of amides is 1. The number of nitrogens with two attached hydrogens (primary N) is 1. The Labute approximate surface area is 88.5 Å². The molecule has 0 saturated heterocycles. The molecule has 6 heteroatoms. The molecular formula is C9H18N2O4. The summed E-state index contributed by atoms with van der Waals surface area (Å²) in [7, 11) is 0. The van der Waals surface area contributed by atoms with Gasteiger partial charge in [-0.2, -0.15) is 0 Å². The molecule has 0 aliphatic carbocycles. The van der Waals surface area contributed by atoms with Gasteiger partial charge < -0.3 is 21.3 Å². The van der Waals surface area contributed by atoms with Crippen LogP contribution in [0.25, 0.3) is 0 Å². The van der Waals surface area contributed by atoms with Gasteiger partial charge in [0.05, 0.1) is 25.1 Å². The molecule has 15 heavy (non-hydrogen) atoms. The third kappa shape index (κ3) is 5.34. The van der Waals surface area contributed by atoms with Gasteiger partial charge in [0.1, 0.15) is 0 Å². The van der Waals surface area contributed by atoms with Crippen molar-refractivity contribution in [3.8, 4) is 0 Å². The number of aliphatic hydroxyl groups excluding tert-OH is 1. The Kier molecular flexibility index (Phi) is 5.88. The molecule has 0 fully saturated rings. The number of hydrogen-bond donors (Lipinski definition) is 4. The van der Waals surface area contributed by atoms with Gasteiger partial charge in [0, 0.05) is 0 Å². The summed E-state index contributed by atoms with van der Waals surface area (Å²) in [5, 5.41) is 19.9. The van der Waals surface area contributed by atoms with E-state index in [4.69, 9.17) is 15.9 Å². The SMILES string of the molecule is CC(C)C(CO)NC(=O)C(N)CC(=O)O. The van der Waals surface area contributed by atoms with Crippen molar-refractivity contribution in [2.75, 3.05) is 6.61 Å². The van der Waals surface area contributed by atoms with E-state index in [1.54, 1.807) is 0 Å². The van der Waals surface area contributed by atoms with Crippen LogP contribution in [0.3, 0.4) is 0 Å².